The third-order valence-electron chi connectivity index (χ3n) is 2.81. The van der Waals surface area contributed by atoms with Gasteiger partial charge in [0.2, 0.25) is 9.84 Å². The van der Waals surface area contributed by atoms with Crippen LogP contribution < -0.4 is 0 Å². The smallest absolute Gasteiger partial charge is 1.00 e. The summed E-state index contributed by atoms with van der Waals surface area (Å²) in [6, 6.07) is 10.1. The molecule has 0 heterocycles. The second-order valence-electron chi connectivity index (χ2n) is 4.11. The minimum atomic E-state index is -4.25. The molecule has 2 rings (SSSR count). The van der Waals surface area contributed by atoms with Crippen molar-refractivity contribution in [1.29, 1.82) is 0 Å². The summed E-state index contributed by atoms with van der Waals surface area (Å²) < 4.78 is 25.1. The van der Waals surface area contributed by atoms with Crippen molar-refractivity contribution in [3.63, 3.8) is 0 Å². The van der Waals surface area contributed by atoms with Gasteiger partial charge in [-0.3, -0.25) is 0 Å². The molecule has 2 aromatic rings. The Morgan fingerprint density at radius 2 is 1.09 bits per heavy atom. The third kappa shape index (κ3) is 3.62. The van der Waals surface area contributed by atoms with E-state index in [1.807, 2.05) is 0 Å². The van der Waals surface area contributed by atoms with Crippen molar-refractivity contribution < 1.29 is 31.1 Å². The maximum Gasteiger partial charge on any atom is 2.00 e. The van der Waals surface area contributed by atoms with E-state index < -0.39 is 42.7 Å². The molecule has 112 valence electrons. The molecule has 0 aliphatic rings. The van der Waals surface area contributed by atoms with Gasteiger partial charge in [0.15, 0.2) is 0 Å². The largest absolute Gasteiger partial charge is 2.00 e. The summed E-state index contributed by atoms with van der Waals surface area (Å²) >= 11 is 0. The Labute approximate surface area is 169 Å². The van der Waals surface area contributed by atoms with Crippen LogP contribution in [0, 0.1) is 0 Å². The van der Waals surface area contributed by atoms with Crippen LogP contribution in [0.3, 0.4) is 0 Å². The van der Waals surface area contributed by atoms with Crippen molar-refractivity contribution >= 4 is 70.7 Å². The number of sulfone groups is 1. The van der Waals surface area contributed by atoms with Gasteiger partial charge in [-0.1, -0.05) is 24.3 Å². The Kier molecular flexibility index (Phi) is 6.41. The van der Waals surface area contributed by atoms with Gasteiger partial charge in [-0.25, -0.2) is 18.0 Å². The van der Waals surface area contributed by atoms with E-state index in [0.717, 1.165) is 24.3 Å². The van der Waals surface area contributed by atoms with Crippen LogP contribution >= 0.6 is 0 Å². The molecular formula is C14H12BaO6S. The molecule has 0 bridgehead atoms. The van der Waals surface area contributed by atoms with Gasteiger partial charge in [-0.05, 0) is 24.3 Å². The van der Waals surface area contributed by atoms with Gasteiger partial charge in [0.1, 0.15) is 0 Å². The zero-order valence-electron chi connectivity index (χ0n) is 13.3. The van der Waals surface area contributed by atoms with Crippen molar-refractivity contribution in [2.45, 2.75) is 9.79 Å². The van der Waals surface area contributed by atoms with Crippen molar-refractivity contribution in [3.05, 3.63) is 59.7 Å². The molecule has 22 heavy (non-hydrogen) atoms. The average molecular weight is 446 g/mol. The van der Waals surface area contributed by atoms with E-state index in [1.165, 1.54) is 24.3 Å². The van der Waals surface area contributed by atoms with Crippen LogP contribution in [0.4, 0.5) is 0 Å². The minimum absolute atomic E-state index is 0. The summed E-state index contributed by atoms with van der Waals surface area (Å²) in [7, 11) is -4.25. The molecule has 2 aromatic carbocycles. The Bertz CT molecular complexity index is 775. The van der Waals surface area contributed by atoms with Gasteiger partial charge in [-0.2, -0.15) is 0 Å². The van der Waals surface area contributed by atoms with E-state index in [1.54, 1.807) is 0 Å². The first-order valence-corrected chi connectivity index (χ1v) is 7.23. The molecule has 0 fully saturated rings. The maximum atomic E-state index is 12.6. The molecule has 0 spiro atoms. The molecular weight excluding hydrogens is 434 g/mol. The molecule has 0 radical (unpaired) electrons. The molecule has 0 amide bonds. The summed E-state index contributed by atoms with van der Waals surface area (Å²) in [5.41, 5.74) is -0.810. The standard InChI is InChI=1S/C14H10O6S.Ba.2H/c15-13(16)9-5-1-3-7-11(9)21(19,20)12-8-4-2-6-10(12)14(17)18;;;/h1-8H,(H,15,16)(H,17,18);;;/q;+2;2*-1. The van der Waals surface area contributed by atoms with Gasteiger partial charge in [0.05, 0.1) is 20.9 Å². The zero-order valence-corrected chi connectivity index (χ0v) is 16.5. The van der Waals surface area contributed by atoms with E-state index in [9.17, 15) is 18.0 Å². The SMILES string of the molecule is O=C(O)c1ccccc1S(=O)(=O)c1ccccc1C(=O)O.[Ba+2].[H-].[H-]. The third-order valence-corrected chi connectivity index (χ3v) is 4.68. The Balaban J connectivity index is 0. The van der Waals surface area contributed by atoms with Crippen LogP contribution in [-0.4, -0.2) is 79.5 Å². The van der Waals surface area contributed by atoms with Gasteiger partial charge in [0, 0.05) is 0 Å². The number of carboxylic acid groups (broad SMARTS) is 2. The zero-order chi connectivity index (χ0) is 15.6. The molecule has 8 heteroatoms. The quantitative estimate of drug-likeness (QED) is 0.694. The van der Waals surface area contributed by atoms with Crippen molar-refractivity contribution in [1.82, 2.24) is 0 Å². The topological polar surface area (TPSA) is 109 Å². The van der Waals surface area contributed by atoms with Gasteiger partial charge in [-0.15, -0.1) is 0 Å². The summed E-state index contributed by atoms with van der Waals surface area (Å²) in [5.74, 6) is -2.80. The van der Waals surface area contributed by atoms with Crippen LogP contribution in [0.1, 0.15) is 23.6 Å². The number of benzene rings is 2. The molecule has 0 saturated heterocycles. The van der Waals surface area contributed by atoms with Crippen molar-refractivity contribution in [3.8, 4) is 0 Å². The Morgan fingerprint density at radius 1 is 0.773 bits per heavy atom. The first-order chi connectivity index (χ1) is 9.85. The summed E-state index contributed by atoms with van der Waals surface area (Å²) in [4.78, 5) is 21.4. The number of rotatable bonds is 4. The number of carbonyl (C=O) groups is 2. The molecule has 6 nitrogen and oxygen atoms in total. The fourth-order valence-corrected chi connectivity index (χ4v) is 3.52. The Hall–Kier alpha value is -1.10. The van der Waals surface area contributed by atoms with Crippen molar-refractivity contribution in [2.24, 2.45) is 0 Å². The molecule has 0 aliphatic carbocycles. The number of hydrogen-bond donors (Lipinski definition) is 2. The van der Waals surface area contributed by atoms with Crippen LogP contribution in [0.15, 0.2) is 58.3 Å². The fraction of sp³-hybridized carbons (Fsp3) is 0. The summed E-state index contributed by atoms with van der Waals surface area (Å²) in [6.07, 6.45) is 0. The number of hydrogen-bond acceptors (Lipinski definition) is 4. The van der Waals surface area contributed by atoms with E-state index in [0.29, 0.717) is 0 Å². The molecule has 0 aromatic heterocycles. The van der Waals surface area contributed by atoms with Gasteiger partial charge >= 0.3 is 60.8 Å². The number of carboxylic acids is 2. The minimum Gasteiger partial charge on any atom is -1.00 e. The summed E-state index contributed by atoms with van der Waals surface area (Å²) in [5, 5.41) is 18.1. The van der Waals surface area contributed by atoms with Crippen LogP contribution in [0.25, 0.3) is 0 Å². The van der Waals surface area contributed by atoms with Crippen LogP contribution in [0.5, 0.6) is 0 Å². The summed E-state index contributed by atoms with van der Waals surface area (Å²) in [6.45, 7) is 0. The van der Waals surface area contributed by atoms with E-state index >= 15 is 0 Å². The predicted molar refractivity (Wildman–Crippen MR) is 80.2 cm³/mol. The first kappa shape index (κ1) is 18.9. The average Bonchev–Trinajstić information content (AvgIpc) is 2.47. The van der Waals surface area contributed by atoms with Gasteiger partial charge < -0.3 is 13.1 Å². The second-order valence-corrected chi connectivity index (χ2v) is 5.99. The Morgan fingerprint density at radius 3 is 1.41 bits per heavy atom. The van der Waals surface area contributed by atoms with E-state index in [-0.39, 0.29) is 51.7 Å². The molecule has 2 N–H and O–H groups in total. The van der Waals surface area contributed by atoms with Gasteiger partial charge in [0.25, 0.3) is 0 Å². The fourth-order valence-electron chi connectivity index (χ4n) is 1.87. The second kappa shape index (κ2) is 7.45. The molecule has 0 saturated carbocycles. The predicted octanol–water partition coefficient (Wildman–Crippen LogP) is 1.76. The van der Waals surface area contributed by atoms with Crippen LogP contribution in [0.2, 0.25) is 0 Å². The molecule has 0 atom stereocenters. The van der Waals surface area contributed by atoms with E-state index in [4.69, 9.17) is 10.2 Å². The van der Waals surface area contributed by atoms with E-state index in [2.05, 4.69) is 0 Å². The van der Waals surface area contributed by atoms with Crippen LogP contribution in [-0.2, 0) is 9.84 Å². The molecule has 0 aliphatic heterocycles. The normalized spacial score (nSPS) is 10.5. The first-order valence-electron chi connectivity index (χ1n) is 5.75. The number of aromatic carboxylic acids is 2. The monoisotopic (exact) mass is 446 g/mol. The molecule has 0 unspecified atom stereocenters. The van der Waals surface area contributed by atoms with Crippen molar-refractivity contribution in [2.75, 3.05) is 0 Å². The maximum absolute atomic E-state index is 12.6.